The summed E-state index contributed by atoms with van der Waals surface area (Å²) in [6.07, 6.45) is 16.7. The molecule has 0 radical (unpaired) electrons. The number of rotatable bonds is 16. The lowest BCUT2D eigenvalue weighted by molar-refractivity contribution is -0.144. The third kappa shape index (κ3) is 30.4. The molecule has 4 aromatic carbocycles. The quantitative estimate of drug-likeness (QED) is 0.0193. The monoisotopic (exact) mass is 1800 g/mol. The van der Waals surface area contributed by atoms with E-state index in [1.807, 2.05) is 79.7 Å². The molecular formula is C82H110AlBr3Cl4N8O12. The van der Waals surface area contributed by atoms with Crippen LogP contribution in [0.25, 0.3) is 0 Å². The summed E-state index contributed by atoms with van der Waals surface area (Å²) in [4.78, 5) is 97.1. The Balaban J connectivity index is 0.000000289. The number of H-pyrrole nitrogens is 1. The van der Waals surface area contributed by atoms with Crippen LogP contribution < -0.4 is 27.5 Å². The number of Topliss-reactive ketones (excluding diaryl/α,β-unsaturated/α-hetero) is 1. The number of hydrogen-bond acceptors (Lipinski definition) is 15. The minimum atomic E-state index is -1.72. The van der Waals surface area contributed by atoms with Gasteiger partial charge in [0.1, 0.15) is 22.9 Å². The summed E-state index contributed by atoms with van der Waals surface area (Å²) in [5, 5.41) is 36.4. The number of aromatic amines is 1. The van der Waals surface area contributed by atoms with Gasteiger partial charge in [-0.05, 0) is 244 Å². The van der Waals surface area contributed by atoms with E-state index in [0.29, 0.717) is 70.5 Å². The number of aliphatic imine (C=N–C) groups is 1. The first-order valence-electron chi connectivity index (χ1n) is 37.3. The van der Waals surface area contributed by atoms with E-state index in [0.717, 1.165) is 120 Å². The summed E-state index contributed by atoms with van der Waals surface area (Å²) in [7, 11) is 14.8. The third-order valence-electron chi connectivity index (χ3n) is 21.6. The maximum Gasteiger partial charge on any atom is 0.643 e. The maximum absolute atomic E-state index is 12.2. The molecule has 0 amide bonds. The molecule has 0 saturated heterocycles. The predicted octanol–water partition coefficient (Wildman–Crippen LogP) is 20.5. The number of benzene rings is 4. The van der Waals surface area contributed by atoms with Gasteiger partial charge in [-0.1, -0.05) is 169 Å². The highest BCUT2D eigenvalue weighted by Gasteiger charge is 2.38. The van der Waals surface area contributed by atoms with Crippen molar-refractivity contribution in [1.82, 2.24) is 19.9 Å². The zero-order valence-electron chi connectivity index (χ0n) is 65.0. The number of ether oxygens (including phenoxy) is 1. The Labute approximate surface area is 696 Å². The number of anilines is 3. The number of alkyl halides is 2. The van der Waals surface area contributed by atoms with Crippen molar-refractivity contribution in [3.63, 3.8) is 0 Å². The zero-order chi connectivity index (χ0) is 81.4. The number of nitrogens with one attached hydrogen (secondary N) is 1. The molecule has 3 heterocycles. The van der Waals surface area contributed by atoms with Crippen molar-refractivity contribution in [2.45, 2.75) is 224 Å². The van der Waals surface area contributed by atoms with E-state index in [9.17, 15) is 38.7 Å². The standard InChI is InChI=1S/C24H30N4O3.C19H25BrO3.2C15H20O2.C5H8N4O.C4H6Br2O.Al.4ClH/c1-13(23(29)30)15-5-7-16(8-6-15)17-9-11-18(12-10-17)20-24(3,4)31-22-19(28-20)21(25)26-14(2)27-22;1-12(18(22)23)13-4-6-14(7-5-13)15-8-10-16(11-9-15)17(21)19(2,3)20;2*1-11(15(16)17)12-7-9-14(10-8-12)13-5-3-2-4-6-13;1-2-8-4(7)3(6)5(10)9-2;1-4(2,6)3(5)7;;;;;/h9-13,15-16H,5-8H2,1-4H3,(H,29,30)(H2,25,26,27);8-14H,4-7H2,1-3H3,(H,22,23);2*2-6,11-12,14H,7-10H2,1H3,(H,16,17);6H2,1H3,(H3,7,8,9,10);1-2H3;;4*1H/q;;;;;;+3;;;;/p-3/t;;11-,12?,14?;;;;;;;;/m..1......../s1. The van der Waals surface area contributed by atoms with E-state index >= 15 is 0 Å². The van der Waals surface area contributed by atoms with Crippen LogP contribution in [0.5, 0.6) is 5.88 Å². The summed E-state index contributed by atoms with van der Waals surface area (Å²) < 4.78 is 5.16. The van der Waals surface area contributed by atoms with E-state index < -0.39 is 49.5 Å². The summed E-state index contributed by atoms with van der Waals surface area (Å²) >= 11 is 7.64. The van der Waals surface area contributed by atoms with Gasteiger partial charge in [0.15, 0.2) is 23.1 Å². The van der Waals surface area contributed by atoms with Gasteiger partial charge in [0.05, 0.1) is 38.0 Å². The van der Waals surface area contributed by atoms with Crippen molar-refractivity contribution in [3.05, 3.63) is 165 Å². The summed E-state index contributed by atoms with van der Waals surface area (Å²) in [6.45, 7) is 22.0. The summed E-state index contributed by atoms with van der Waals surface area (Å²) in [5.74, 6) is 1.90. The van der Waals surface area contributed by atoms with E-state index in [2.05, 4.69) is 153 Å². The fraction of sp³-hybridized carbons (Fsp3) is 0.524. The van der Waals surface area contributed by atoms with Crippen molar-refractivity contribution < 1.29 is 53.9 Å². The average Bonchev–Trinajstić information content (AvgIpc) is 0.761. The molecule has 6 aromatic rings. The molecule has 3 unspecified atom stereocenters. The number of hydrogen-bond donors (Lipinski definition) is 8. The van der Waals surface area contributed by atoms with Crippen LogP contribution >= 0.6 is 90.3 Å². The Morgan fingerprint density at radius 1 is 0.518 bits per heavy atom. The molecule has 2 aromatic heterocycles. The molecule has 20 nitrogen and oxygen atoms in total. The first-order valence-corrected chi connectivity index (χ1v) is 44.9. The van der Waals surface area contributed by atoms with Gasteiger partial charge < -0.3 is 47.3 Å². The van der Waals surface area contributed by atoms with Crippen LogP contribution in [0.15, 0.2) is 119 Å². The van der Waals surface area contributed by atoms with E-state index in [1.165, 1.54) is 22.3 Å². The first kappa shape index (κ1) is 96.4. The molecule has 0 bridgehead atoms. The third-order valence-corrected chi connectivity index (χ3v) is 23.8. The normalized spacial score (nSPS) is 21.5. The molecule has 4 aliphatic carbocycles. The Morgan fingerprint density at radius 2 is 0.827 bits per heavy atom. The van der Waals surface area contributed by atoms with Crippen molar-refractivity contribution in [1.29, 1.82) is 0 Å². The van der Waals surface area contributed by atoms with E-state index in [1.54, 1.807) is 27.7 Å². The van der Waals surface area contributed by atoms with Crippen LogP contribution in [0, 0.1) is 61.2 Å². The lowest BCUT2D eigenvalue weighted by Crippen LogP contribution is -2.41. The first-order chi connectivity index (χ1) is 51.0. The number of aliphatic carboxylic acids is 4. The maximum atomic E-state index is 12.2. The largest absolute Gasteiger partial charge is 0.643 e. The lowest BCUT2D eigenvalue weighted by Gasteiger charge is -2.33. The number of nitrogens with zero attached hydrogens (tertiary/aromatic N) is 4. The SMILES string of the molecule is CC(C(=O)O)C1CCC(c2ccc(C(=O)C(C)(C)Br)cc2)CC1.CC(C(=O)O)C1CCC(c2ccccc2)CC1.CC(C)(Br)C(=O)Br.C[C@@H](C(=O)O)C1CCC(c2ccccc2)CC1.Cc1nc(N)c(N)c(=O)[nH]1.Cc1nc(N)c2c(n1)OC(C)(C)C(c1ccc(C3CCC(C(C)C(=O)O)CC3)cc1)=N2.Cl.[Cl][Al]([Cl])[Cl]. The highest BCUT2D eigenvalue weighted by atomic mass is 79.9. The van der Waals surface area contributed by atoms with Gasteiger partial charge >= 0.3 is 35.3 Å². The van der Waals surface area contributed by atoms with Gasteiger partial charge in [-0.25, -0.2) is 45.1 Å². The number of carboxylic acid groups (broad SMARTS) is 4. The number of fused-ring (bicyclic) bond motifs is 1. The number of aromatic nitrogens is 4. The van der Waals surface area contributed by atoms with Crippen molar-refractivity contribution in [2.75, 3.05) is 17.2 Å². The van der Waals surface area contributed by atoms with Gasteiger partial charge in [0, 0.05) is 11.1 Å². The van der Waals surface area contributed by atoms with E-state index in [-0.39, 0.29) is 69.5 Å². The Bertz CT molecular complexity index is 3950. The van der Waals surface area contributed by atoms with Gasteiger partial charge in [-0.15, -0.1) is 12.4 Å². The molecule has 4 atom stereocenters. The van der Waals surface area contributed by atoms with Crippen molar-refractivity contribution in [3.8, 4) is 5.88 Å². The second-order valence-corrected chi connectivity index (χ2v) is 41.8. The number of aryl methyl sites for hydroxylation is 2. The van der Waals surface area contributed by atoms with Gasteiger partial charge in [0.2, 0.25) is 10.6 Å². The Hall–Kier alpha value is -5.94. The molecule has 110 heavy (non-hydrogen) atoms. The number of halogens is 7. The van der Waals surface area contributed by atoms with Crippen LogP contribution in [0.4, 0.5) is 23.0 Å². The summed E-state index contributed by atoms with van der Waals surface area (Å²) in [5.41, 5.74) is 23.9. The molecule has 28 heteroatoms. The fourth-order valence-electron chi connectivity index (χ4n) is 14.5. The van der Waals surface area contributed by atoms with Crippen molar-refractivity contribution in [2.24, 2.45) is 52.3 Å². The van der Waals surface area contributed by atoms with Gasteiger partial charge in [0.25, 0.3) is 5.56 Å². The van der Waals surface area contributed by atoms with Crippen LogP contribution in [-0.4, -0.2) is 106 Å². The second-order valence-electron chi connectivity index (χ2n) is 30.6. The highest BCUT2D eigenvalue weighted by molar-refractivity contribution is 9.20. The zero-order valence-corrected chi connectivity index (χ0v) is 74.0. The molecular weight excluding hydrogens is 1700 g/mol. The highest BCUT2D eigenvalue weighted by Crippen LogP contribution is 2.44. The molecule has 11 N–H and O–H groups in total. The average molecular weight is 1810 g/mol. The van der Waals surface area contributed by atoms with Gasteiger partial charge in [-0.2, -0.15) is 4.98 Å². The molecule has 5 aliphatic rings. The number of nitrogen functional groups attached to an aromatic ring is 3. The number of carbonyl (C=O) groups excluding carboxylic acids is 2. The molecule has 4 saturated carbocycles. The van der Waals surface area contributed by atoms with Crippen molar-refractivity contribution >= 4 is 165 Å². The minimum Gasteiger partial charge on any atom is -0.481 e. The Morgan fingerprint density at radius 3 is 1.12 bits per heavy atom. The van der Waals surface area contributed by atoms with Crippen LogP contribution in [0.1, 0.15) is 245 Å². The minimum absolute atomic E-state index is 0. The van der Waals surface area contributed by atoms with Crippen LogP contribution in [0.2, 0.25) is 0 Å². The van der Waals surface area contributed by atoms with E-state index in [4.69, 9.17) is 72.4 Å². The molecule has 0 spiro atoms. The predicted molar refractivity (Wildman–Crippen MR) is 457 cm³/mol. The van der Waals surface area contributed by atoms with Crippen LogP contribution in [0.3, 0.4) is 0 Å². The fourth-order valence-corrected chi connectivity index (χ4v) is 14.8. The molecule has 11 rings (SSSR count). The van der Waals surface area contributed by atoms with Gasteiger partial charge in [-0.3, -0.25) is 33.6 Å². The molecule has 602 valence electrons. The number of carbonyl (C=O) groups is 6. The molecule has 4 fully saturated rings. The summed E-state index contributed by atoms with van der Waals surface area (Å²) in [6, 6.07) is 37.6. The number of nitrogens with two attached hydrogens (primary N) is 3. The molecule has 1 aliphatic heterocycles. The number of ketones is 1. The Kier molecular flexibility index (Phi) is 39.7. The van der Waals surface area contributed by atoms with Crippen LogP contribution in [-0.2, 0) is 24.0 Å². The smallest absolute Gasteiger partial charge is 0.481 e. The second kappa shape index (κ2) is 45.2. The number of carboxylic acids is 4. The lowest BCUT2D eigenvalue weighted by atomic mass is 9.74. The topological polar surface area (TPSA) is 355 Å².